The highest BCUT2D eigenvalue weighted by atomic mass is 16.6. The molecule has 8 nitrogen and oxygen atoms in total. The Labute approximate surface area is 164 Å². The van der Waals surface area contributed by atoms with E-state index in [4.69, 9.17) is 14.7 Å². The summed E-state index contributed by atoms with van der Waals surface area (Å²) in [6, 6.07) is 7.73. The van der Waals surface area contributed by atoms with Gasteiger partial charge in [-0.25, -0.2) is 9.59 Å². The van der Waals surface area contributed by atoms with Gasteiger partial charge >= 0.3 is 12.0 Å². The van der Waals surface area contributed by atoms with Crippen LogP contribution in [0, 0.1) is 11.3 Å². The van der Waals surface area contributed by atoms with Crippen LogP contribution in [0.5, 0.6) is 5.75 Å². The lowest BCUT2D eigenvalue weighted by Gasteiger charge is -2.23. The van der Waals surface area contributed by atoms with E-state index in [-0.39, 0.29) is 6.04 Å². The number of amides is 3. The molecule has 1 saturated carbocycles. The molecule has 2 N–H and O–H groups in total. The Kier molecular flexibility index (Phi) is 7.81. The molecule has 1 aromatic rings. The summed E-state index contributed by atoms with van der Waals surface area (Å²) in [5.74, 6) is -1.04. The van der Waals surface area contributed by atoms with Crippen molar-refractivity contribution >= 4 is 17.9 Å². The minimum Gasteiger partial charge on any atom is -0.479 e. The average molecular weight is 387 g/mol. The second-order valence-electron chi connectivity index (χ2n) is 6.77. The van der Waals surface area contributed by atoms with Crippen molar-refractivity contribution in [2.45, 2.75) is 64.2 Å². The van der Waals surface area contributed by atoms with E-state index in [1.807, 2.05) is 6.07 Å². The van der Waals surface area contributed by atoms with Gasteiger partial charge in [0.05, 0.1) is 11.6 Å². The molecule has 8 heteroatoms. The molecule has 1 fully saturated rings. The minimum atomic E-state index is -1.14. The SMILES string of the molecule is C[C@H](Oc1ccc(C#N)cc1)C(=O)O[C@H](C)C(=O)NC(=O)NC1CCCCC1. The van der Waals surface area contributed by atoms with E-state index in [0.717, 1.165) is 32.1 Å². The summed E-state index contributed by atoms with van der Waals surface area (Å²) < 4.78 is 10.5. The molecular weight excluding hydrogens is 362 g/mol. The summed E-state index contributed by atoms with van der Waals surface area (Å²) in [5.41, 5.74) is 0.472. The first-order valence-electron chi connectivity index (χ1n) is 9.37. The van der Waals surface area contributed by atoms with Gasteiger partial charge in [-0.15, -0.1) is 0 Å². The lowest BCUT2D eigenvalue weighted by atomic mass is 9.96. The fourth-order valence-corrected chi connectivity index (χ4v) is 2.87. The predicted octanol–water partition coefficient (Wildman–Crippen LogP) is 2.42. The van der Waals surface area contributed by atoms with Gasteiger partial charge in [0.15, 0.2) is 12.2 Å². The summed E-state index contributed by atoms with van der Waals surface area (Å²) in [6.45, 7) is 2.87. The Bertz CT molecular complexity index is 735. The molecule has 0 heterocycles. The molecule has 0 spiro atoms. The number of carbonyl (C=O) groups is 3. The number of benzene rings is 1. The molecule has 3 amide bonds. The topological polar surface area (TPSA) is 118 Å². The maximum Gasteiger partial charge on any atom is 0.347 e. The van der Waals surface area contributed by atoms with E-state index in [1.165, 1.54) is 13.8 Å². The molecule has 0 saturated heterocycles. The number of imide groups is 1. The lowest BCUT2D eigenvalue weighted by molar-refractivity contribution is -0.160. The molecule has 1 aromatic carbocycles. The number of carbonyl (C=O) groups excluding carboxylic acids is 3. The molecule has 0 aliphatic heterocycles. The van der Waals surface area contributed by atoms with Crippen LogP contribution in [-0.2, 0) is 14.3 Å². The third-order valence-corrected chi connectivity index (χ3v) is 4.47. The number of urea groups is 1. The highest BCUT2D eigenvalue weighted by molar-refractivity contribution is 5.97. The summed E-state index contributed by atoms with van der Waals surface area (Å²) in [6.07, 6.45) is 2.98. The fourth-order valence-electron chi connectivity index (χ4n) is 2.87. The standard InChI is InChI=1S/C20H25N3O5/c1-13(18(24)23-20(26)22-16-6-4-3-5-7-16)28-19(25)14(2)27-17-10-8-15(12-21)9-11-17/h8-11,13-14,16H,3-7H2,1-2H3,(H2,22,23,24,26)/t13-,14+/m1/s1. The second kappa shape index (κ2) is 10.3. The third kappa shape index (κ3) is 6.58. The van der Waals surface area contributed by atoms with Crippen LogP contribution < -0.4 is 15.4 Å². The average Bonchev–Trinajstić information content (AvgIpc) is 2.69. The number of hydrogen-bond acceptors (Lipinski definition) is 6. The Hall–Kier alpha value is -3.08. The Morgan fingerprint density at radius 2 is 1.71 bits per heavy atom. The van der Waals surface area contributed by atoms with Crippen molar-refractivity contribution in [3.63, 3.8) is 0 Å². The number of rotatable bonds is 6. The van der Waals surface area contributed by atoms with Gasteiger partial charge in [-0.05, 0) is 51.0 Å². The molecule has 0 aromatic heterocycles. The van der Waals surface area contributed by atoms with Crippen LogP contribution in [0.1, 0.15) is 51.5 Å². The predicted molar refractivity (Wildman–Crippen MR) is 100 cm³/mol. The van der Waals surface area contributed by atoms with E-state index in [9.17, 15) is 14.4 Å². The van der Waals surface area contributed by atoms with E-state index >= 15 is 0 Å². The van der Waals surface area contributed by atoms with Crippen LogP contribution in [0.3, 0.4) is 0 Å². The molecule has 0 bridgehead atoms. The second-order valence-corrected chi connectivity index (χ2v) is 6.77. The number of esters is 1. The summed E-state index contributed by atoms with van der Waals surface area (Å²) in [7, 11) is 0. The van der Waals surface area contributed by atoms with E-state index in [1.54, 1.807) is 24.3 Å². The maximum absolute atomic E-state index is 12.1. The molecule has 1 aliphatic carbocycles. The van der Waals surface area contributed by atoms with Gasteiger partial charge in [-0.3, -0.25) is 10.1 Å². The smallest absolute Gasteiger partial charge is 0.347 e. The highest BCUT2D eigenvalue weighted by Crippen LogP contribution is 2.17. The van der Waals surface area contributed by atoms with Crippen molar-refractivity contribution in [1.82, 2.24) is 10.6 Å². The number of nitrogens with zero attached hydrogens (tertiary/aromatic N) is 1. The van der Waals surface area contributed by atoms with Crippen LogP contribution in [0.2, 0.25) is 0 Å². The molecule has 2 atom stereocenters. The maximum atomic E-state index is 12.1. The van der Waals surface area contributed by atoms with Crippen LogP contribution in [0.15, 0.2) is 24.3 Å². The molecule has 2 rings (SSSR count). The zero-order valence-electron chi connectivity index (χ0n) is 16.1. The van der Waals surface area contributed by atoms with Crippen LogP contribution >= 0.6 is 0 Å². The number of hydrogen-bond donors (Lipinski definition) is 2. The van der Waals surface area contributed by atoms with Gasteiger partial charge in [0, 0.05) is 6.04 Å². The monoisotopic (exact) mass is 387 g/mol. The molecule has 1 aliphatic rings. The van der Waals surface area contributed by atoms with E-state index in [2.05, 4.69) is 10.6 Å². The van der Waals surface area contributed by atoms with Crippen LogP contribution in [0.4, 0.5) is 4.79 Å². The van der Waals surface area contributed by atoms with E-state index < -0.39 is 30.1 Å². The van der Waals surface area contributed by atoms with Crippen molar-refractivity contribution in [3.8, 4) is 11.8 Å². The van der Waals surface area contributed by atoms with Crippen molar-refractivity contribution in [2.75, 3.05) is 0 Å². The van der Waals surface area contributed by atoms with Crippen LogP contribution in [-0.4, -0.2) is 36.2 Å². The molecular formula is C20H25N3O5. The zero-order chi connectivity index (χ0) is 20.5. The van der Waals surface area contributed by atoms with Crippen molar-refractivity contribution in [3.05, 3.63) is 29.8 Å². The normalized spacial score (nSPS) is 16.2. The fraction of sp³-hybridized carbons (Fsp3) is 0.500. The Balaban J connectivity index is 1.76. The van der Waals surface area contributed by atoms with Crippen molar-refractivity contribution in [1.29, 1.82) is 5.26 Å². The first-order chi connectivity index (χ1) is 13.4. The summed E-state index contributed by atoms with van der Waals surface area (Å²) in [5, 5.41) is 13.7. The first kappa shape index (κ1) is 21.2. The first-order valence-corrected chi connectivity index (χ1v) is 9.37. The van der Waals surface area contributed by atoms with Gasteiger partial charge in [0.2, 0.25) is 0 Å². The highest BCUT2D eigenvalue weighted by Gasteiger charge is 2.25. The third-order valence-electron chi connectivity index (χ3n) is 4.47. The number of nitrogens with one attached hydrogen (secondary N) is 2. The molecule has 0 unspecified atom stereocenters. The zero-order valence-corrected chi connectivity index (χ0v) is 16.1. The molecule has 28 heavy (non-hydrogen) atoms. The van der Waals surface area contributed by atoms with Gasteiger partial charge in [-0.2, -0.15) is 5.26 Å². The molecule has 0 radical (unpaired) electrons. The van der Waals surface area contributed by atoms with Crippen LogP contribution in [0.25, 0.3) is 0 Å². The Morgan fingerprint density at radius 3 is 2.32 bits per heavy atom. The lowest BCUT2D eigenvalue weighted by Crippen LogP contribution is -2.48. The number of ether oxygens (including phenoxy) is 2. The van der Waals surface area contributed by atoms with Gasteiger partial charge < -0.3 is 14.8 Å². The van der Waals surface area contributed by atoms with Gasteiger partial charge in [0.25, 0.3) is 5.91 Å². The quantitative estimate of drug-likeness (QED) is 0.724. The summed E-state index contributed by atoms with van der Waals surface area (Å²) in [4.78, 5) is 36.1. The van der Waals surface area contributed by atoms with Gasteiger partial charge in [0.1, 0.15) is 5.75 Å². The number of nitriles is 1. The Morgan fingerprint density at radius 1 is 1.07 bits per heavy atom. The minimum absolute atomic E-state index is 0.0697. The van der Waals surface area contributed by atoms with E-state index in [0.29, 0.717) is 11.3 Å². The van der Waals surface area contributed by atoms with Crippen molar-refractivity contribution in [2.24, 2.45) is 0 Å². The largest absolute Gasteiger partial charge is 0.479 e. The van der Waals surface area contributed by atoms with Crippen molar-refractivity contribution < 1.29 is 23.9 Å². The van der Waals surface area contributed by atoms with Gasteiger partial charge in [-0.1, -0.05) is 19.3 Å². The molecule has 150 valence electrons. The summed E-state index contributed by atoms with van der Waals surface area (Å²) >= 11 is 0.